The van der Waals surface area contributed by atoms with Crippen LogP contribution in [0.4, 0.5) is 0 Å². The smallest absolute Gasteiger partial charge is 0.0339 e. The van der Waals surface area contributed by atoms with Gasteiger partial charge in [0.1, 0.15) is 0 Å². The second kappa shape index (κ2) is 14.7. The molecule has 0 amide bonds. The second-order valence-corrected chi connectivity index (χ2v) is 6.17. The van der Waals surface area contributed by atoms with Gasteiger partial charge in [-0.2, -0.15) is 0 Å². The molecule has 0 aromatic heterocycles. The third kappa shape index (κ3) is 7.72. The molecule has 0 nitrogen and oxygen atoms in total. The van der Waals surface area contributed by atoms with Crippen LogP contribution in [-0.4, -0.2) is 0 Å². The van der Waals surface area contributed by atoms with Gasteiger partial charge in [0, 0.05) is 5.92 Å². The predicted octanol–water partition coefficient (Wildman–Crippen LogP) is 8.87. The van der Waals surface area contributed by atoms with Crippen molar-refractivity contribution >= 4 is 0 Å². The molecule has 0 heterocycles. The van der Waals surface area contributed by atoms with Crippen molar-refractivity contribution in [2.45, 2.75) is 68.2 Å². The summed E-state index contributed by atoms with van der Waals surface area (Å²) >= 11 is 0. The summed E-state index contributed by atoms with van der Waals surface area (Å²) in [6.07, 6.45) is 0. The topological polar surface area (TPSA) is 0 Å². The van der Waals surface area contributed by atoms with Crippen LogP contribution in [0.3, 0.4) is 0 Å². The van der Waals surface area contributed by atoms with Gasteiger partial charge >= 0.3 is 0 Å². The molecule has 152 valence electrons. The number of hydrogen-bond donors (Lipinski definition) is 0. The highest BCUT2D eigenvalue weighted by Crippen LogP contribution is 2.32. The molecule has 3 aromatic rings. The predicted molar refractivity (Wildman–Crippen MR) is 129 cm³/mol. The molecule has 0 aliphatic carbocycles. The van der Waals surface area contributed by atoms with Crippen molar-refractivity contribution in [1.82, 2.24) is 0 Å². The maximum absolute atomic E-state index is 2.25. The van der Waals surface area contributed by atoms with Gasteiger partial charge in [0.2, 0.25) is 0 Å². The van der Waals surface area contributed by atoms with Gasteiger partial charge in [0.15, 0.2) is 0 Å². The van der Waals surface area contributed by atoms with Crippen molar-refractivity contribution in [2.24, 2.45) is 0 Å². The van der Waals surface area contributed by atoms with E-state index in [0.717, 1.165) is 0 Å². The summed E-state index contributed by atoms with van der Waals surface area (Å²) in [5.74, 6) is 0.293. The summed E-state index contributed by atoms with van der Waals surface area (Å²) in [5.41, 5.74) is 7.94. The van der Waals surface area contributed by atoms with Gasteiger partial charge < -0.3 is 0 Å². The van der Waals surface area contributed by atoms with E-state index in [0.29, 0.717) is 5.92 Å². The number of benzene rings is 3. The summed E-state index contributed by atoms with van der Waals surface area (Å²) in [6, 6.07) is 26.7. The Bertz CT molecular complexity index is 623. The van der Waals surface area contributed by atoms with Gasteiger partial charge in [-0.25, -0.2) is 0 Å². The molecule has 0 aliphatic heterocycles. The second-order valence-electron chi connectivity index (χ2n) is 6.17. The van der Waals surface area contributed by atoms with Gasteiger partial charge in [-0.1, -0.05) is 131 Å². The lowest BCUT2D eigenvalue weighted by Crippen LogP contribution is -2.03. The molecule has 0 atom stereocenters. The lowest BCUT2D eigenvalue weighted by Gasteiger charge is -2.19. The first-order chi connectivity index (χ1) is 13.6. The molecule has 3 aromatic carbocycles. The maximum atomic E-state index is 2.25. The van der Waals surface area contributed by atoms with Crippen molar-refractivity contribution in [3.63, 3.8) is 0 Å². The minimum atomic E-state index is 0.293. The largest absolute Gasteiger partial charge is 0.0683 e. The Morgan fingerprint density at radius 3 is 0.714 bits per heavy atom. The molecule has 0 unspecified atom stereocenters. The molecule has 0 radical (unpaired) electrons. The van der Waals surface area contributed by atoms with Crippen LogP contribution in [0.2, 0.25) is 0 Å². The van der Waals surface area contributed by atoms with Crippen molar-refractivity contribution < 1.29 is 0 Å². The van der Waals surface area contributed by atoms with E-state index in [1.165, 1.54) is 33.4 Å². The Kier molecular flexibility index (Phi) is 13.5. The Labute approximate surface area is 174 Å². The molecule has 3 rings (SSSR count). The van der Waals surface area contributed by atoms with Crippen LogP contribution in [0.25, 0.3) is 0 Å². The van der Waals surface area contributed by atoms with Crippen LogP contribution in [-0.2, 0) is 0 Å². The quantitative estimate of drug-likeness (QED) is 0.400. The van der Waals surface area contributed by atoms with Gasteiger partial charge in [-0.05, 0) is 37.5 Å². The lowest BCUT2D eigenvalue weighted by atomic mass is 9.84. The summed E-state index contributed by atoms with van der Waals surface area (Å²) in [7, 11) is 0. The fourth-order valence-corrected chi connectivity index (χ4v) is 2.85. The first-order valence-corrected chi connectivity index (χ1v) is 10.8. The van der Waals surface area contributed by atoms with E-state index >= 15 is 0 Å². The highest BCUT2D eigenvalue weighted by molar-refractivity contribution is 5.44. The molecule has 0 fully saturated rings. The summed E-state index contributed by atoms with van der Waals surface area (Å²) in [6.45, 7) is 18.4. The van der Waals surface area contributed by atoms with E-state index in [9.17, 15) is 0 Å². The van der Waals surface area contributed by atoms with Gasteiger partial charge in [0.05, 0.1) is 0 Å². The van der Waals surface area contributed by atoms with Crippen LogP contribution in [0.15, 0.2) is 72.8 Å². The van der Waals surface area contributed by atoms with Crippen LogP contribution in [0.5, 0.6) is 0 Å². The van der Waals surface area contributed by atoms with E-state index in [4.69, 9.17) is 0 Å². The third-order valence-electron chi connectivity index (χ3n) is 4.23. The van der Waals surface area contributed by atoms with Crippen molar-refractivity contribution in [3.8, 4) is 0 Å². The minimum absolute atomic E-state index is 0.293. The zero-order valence-corrected chi connectivity index (χ0v) is 19.5. The fourth-order valence-electron chi connectivity index (χ4n) is 2.85. The first-order valence-electron chi connectivity index (χ1n) is 10.8. The van der Waals surface area contributed by atoms with Gasteiger partial charge in [-0.3, -0.25) is 0 Å². The Morgan fingerprint density at radius 1 is 0.357 bits per heavy atom. The van der Waals surface area contributed by atoms with Crippen molar-refractivity contribution in [3.05, 3.63) is 106 Å². The number of aryl methyl sites for hydroxylation is 3. The van der Waals surface area contributed by atoms with Crippen molar-refractivity contribution in [2.75, 3.05) is 0 Å². The van der Waals surface area contributed by atoms with E-state index in [1.807, 2.05) is 41.5 Å². The summed E-state index contributed by atoms with van der Waals surface area (Å²) in [4.78, 5) is 0. The monoisotopic (exact) mass is 376 g/mol. The molecule has 0 N–H and O–H groups in total. The van der Waals surface area contributed by atoms with E-state index < -0.39 is 0 Å². The molecule has 0 heteroatoms. The summed E-state index contributed by atoms with van der Waals surface area (Å²) in [5, 5.41) is 0. The molecular weight excluding hydrogens is 336 g/mol. The molecule has 0 saturated carbocycles. The van der Waals surface area contributed by atoms with Crippen molar-refractivity contribution in [1.29, 1.82) is 0 Å². The van der Waals surface area contributed by atoms with Crippen LogP contribution in [0, 0.1) is 20.8 Å². The molecule has 0 spiro atoms. The van der Waals surface area contributed by atoms with Gasteiger partial charge in [-0.15, -0.1) is 0 Å². The zero-order chi connectivity index (χ0) is 21.5. The average molecular weight is 377 g/mol. The minimum Gasteiger partial charge on any atom is -0.0683 e. The third-order valence-corrected chi connectivity index (χ3v) is 4.23. The van der Waals surface area contributed by atoms with Crippen LogP contribution < -0.4 is 0 Å². The average Bonchev–Trinajstić information content (AvgIpc) is 2.77. The first kappa shape index (κ1) is 25.7. The standard InChI is InChI=1S/C22H22.3C2H6/c1-16-4-10-19(11-5-16)22(20-12-6-17(2)7-13-20)21-14-8-18(3)9-15-21;3*1-2/h4-15,22H,1-3H3;3*1-2H3. The summed E-state index contributed by atoms with van der Waals surface area (Å²) < 4.78 is 0. The molecular formula is C28H40. The maximum Gasteiger partial charge on any atom is 0.0339 e. The zero-order valence-electron chi connectivity index (χ0n) is 19.5. The van der Waals surface area contributed by atoms with Gasteiger partial charge in [0.25, 0.3) is 0 Å². The SMILES string of the molecule is CC.CC.CC.Cc1ccc(C(c2ccc(C)cc2)c2ccc(C)cc2)cc1. The van der Waals surface area contributed by atoms with E-state index in [-0.39, 0.29) is 0 Å². The van der Waals surface area contributed by atoms with E-state index in [2.05, 4.69) is 93.6 Å². The normalized spacial score (nSPS) is 9.21. The molecule has 0 aliphatic rings. The molecule has 0 saturated heterocycles. The lowest BCUT2D eigenvalue weighted by molar-refractivity contribution is 0.973. The van der Waals surface area contributed by atoms with Crippen LogP contribution >= 0.6 is 0 Å². The Balaban J connectivity index is 0.00000111. The Hall–Kier alpha value is -2.34. The highest BCUT2D eigenvalue weighted by Gasteiger charge is 2.16. The fraction of sp³-hybridized carbons (Fsp3) is 0.357. The number of rotatable bonds is 3. The van der Waals surface area contributed by atoms with E-state index in [1.54, 1.807) is 0 Å². The molecule has 0 bridgehead atoms. The molecule has 28 heavy (non-hydrogen) atoms. The highest BCUT2D eigenvalue weighted by atomic mass is 14.2. The number of hydrogen-bond acceptors (Lipinski definition) is 0. The van der Waals surface area contributed by atoms with Crippen LogP contribution in [0.1, 0.15) is 80.8 Å². The Morgan fingerprint density at radius 2 is 0.536 bits per heavy atom.